The Bertz CT molecular complexity index is 878. The van der Waals surface area contributed by atoms with Crippen LogP contribution < -0.4 is 5.32 Å². The highest BCUT2D eigenvalue weighted by Gasteiger charge is 2.05. The molecule has 4 aromatic heterocycles. The molecule has 0 aliphatic rings. The summed E-state index contributed by atoms with van der Waals surface area (Å²) in [5.41, 5.74) is 0.863. The van der Waals surface area contributed by atoms with Gasteiger partial charge in [-0.25, -0.2) is 19.6 Å². The molecule has 0 saturated carbocycles. The summed E-state index contributed by atoms with van der Waals surface area (Å²) in [7, 11) is 0. The first kappa shape index (κ1) is 11.6. The maximum absolute atomic E-state index is 4.30. The smallest absolute Gasteiger partial charge is 0.235 e. The Hall–Kier alpha value is -3.22. The van der Waals surface area contributed by atoms with Gasteiger partial charge in [-0.15, -0.1) is 0 Å². The maximum Gasteiger partial charge on any atom is 0.235 e. The molecule has 7 heteroatoms. The Balaban J connectivity index is 1.66. The Labute approximate surface area is 119 Å². The van der Waals surface area contributed by atoms with Crippen LogP contribution >= 0.6 is 0 Å². The predicted octanol–water partition coefficient (Wildman–Crippen LogP) is 2.05. The molecule has 0 saturated heterocycles. The minimum absolute atomic E-state index is 0.650. The molecule has 0 spiro atoms. The van der Waals surface area contributed by atoms with E-state index in [1.54, 1.807) is 29.5 Å². The van der Waals surface area contributed by atoms with Crippen LogP contribution in [0.1, 0.15) is 0 Å². The van der Waals surface area contributed by atoms with Crippen LogP contribution in [0.4, 0.5) is 11.5 Å². The molecule has 0 atom stereocenters. The number of anilines is 2. The van der Waals surface area contributed by atoms with E-state index in [1.807, 2.05) is 41.1 Å². The van der Waals surface area contributed by atoms with E-state index in [2.05, 4.69) is 25.4 Å². The van der Waals surface area contributed by atoms with Crippen LogP contribution in [0.2, 0.25) is 0 Å². The van der Waals surface area contributed by atoms with Crippen molar-refractivity contribution in [2.75, 3.05) is 5.32 Å². The van der Waals surface area contributed by atoms with Gasteiger partial charge in [-0.05, 0) is 18.2 Å². The van der Waals surface area contributed by atoms with Gasteiger partial charge in [-0.3, -0.25) is 4.40 Å². The average Bonchev–Trinajstić information content (AvgIpc) is 3.17. The second-order valence-electron chi connectivity index (χ2n) is 4.41. The Kier molecular flexibility index (Phi) is 2.60. The second kappa shape index (κ2) is 4.71. The predicted molar refractivity (Wildman–Crippen MR) is 77.6 cm³/mol. The third-order valence-corrected chi connectivity index (χ3v) is 3.04. The van der Waals surface area contributed by atoms with E-state index < -0.39 is 0 Å². The van der Waals surface area contributed by atoms with Gasteiger partial charge in [0.15, 0.2) is 5.82 Å². The summed E-state index contributed by atoms with van der Waals surface area (Å²) >= 11 is 0. The lowest BCUT2D eigenvalue weighted by atomic mass is 10.4. The van der Waals surface area contributed by atoms with E-state index >= 15 is 0 Å². The normalized spacial score (nSPS) is 10.9. The maximum atomic E-state index is 4.30. The van der Waals surface area contributed by atoms with E-state index in [0.717, 1.165) is 17.3 Å². The number of hydrogen-bond acceptors (Lipinski definition) is 5. The molecular formula is C14H11N7. The van der Waals surface area contributed by atoms with Crippen molar-refractivity contribution in [2.24, 2.45) is 0 Å². The molecule has 7 nitrogen and oxygen atoms in total. The number of nitrogens with one attached hydrogen (secondary N) is 1. The molecule has 0 aromatic carbocycles. The lowest BCUT2D eigenvalue weighted by Crippen LogP contribution is -1.98. The summed E-state index contributed by atoms with van der Waals surface area (Å²) in [4.78, 5) is 12.6. The topological polar surface area (TPSA) is 72.9 Å². The standard InChI is InChI=1S/C14H11N7/c1-2-5-15-12(3-1)21-10-11(9-18-21)19-13-4-6-16-14-17-7-8-20(13)14/h1-10,19H. The fourth-order valence-corrected chi connectivity index (χ4v) is 2.09. The van der Waals surface area contributed by atoms with Gasteiger partial charge in [0.25, 0.3) is 0 Å². The van der Waals surface area contributed by atoms with Crippen molar-refractivity contribution in [1.29, 1.82) is 0 Å². The van der Waals surface area contributed by atoms with E-state index in [1.165, 1.54) is 0 Å². The third kappa shape index (κ3) is 2.10. The molecule has 4 aromatic rings. The van der Waals surface area contributed by atoms with Gasteiger partial charge in [0.05, 0.1) is 18.1 Å². The zero-order valence-electron chi connectivity index (χ0n) is 11.0. The minimum atomic E-state index is 0.650. The van der Waals surface area contributed by atoms with Gasteiger partial charge in [-0.1, -0.05) is 6.07 Å². The number of imidazole rings is 1. The van der Waals surface area contributed by atoms with Crippen molar-refractivity contribution in [2.45, 2.75) is 0 Å². The van der Waals surface area contributed by atoms with Gasteiger partial charge >= 0.3 is 0 Å². The molecule has 21 heavy (non-hydrogen) atoms. The van der Waals surface area contributed by atoms with Crippen molar-refractivity contribution in [3.63, 3.8) is 0 Å². The SMILES string of the molecule is c1ccc(-n2cc(Nc3ccnc4nccn34)cn2)nc1. The van der Waals surface area contributed by atoms with Crippen LogP contribution in [0.15, 0.2) is 61.4 Å². The largest absolute Gasteiger partial charge is 0.339 e. The van der Waals surface area contributed by atoms with E-state index in [4.69, 9.17) is 0 Å². The van der Waals surface area contributed by atoms with Gasteiger partial charge in [-0.2, -0.15) is 5.10 Å². The molecule has 0 aliphatic carbocycles. The molecule has 4 rings (SSSR count). The van der Waals surface area contributed by atoms with Gasteiger partial charge in [0.1, 0.15) is 5.82 Å². The zero-order chi connectivity index (χ0) is 14.1. The molecule has 0 unspecified atom stereocenters. The first-order chi connectivity index (χ1) is 10.4. The Morgan fingerprint density at radius 3 is 2.81 bits per heavy atom. The second-order valence-corrected chi connectivity index (χ2v) is 4.41. The molecular weight excluding hydrogens is 266 g/mol. The van der Waals surface area contributed by atoms with Crippen molar-refractivity contribution < 1.29 is 0 Å². The first-order valence-corrected chi connectivity index (χ1v) is 6.41. The summed E-state index contributed by atoms with van der Waals surface area (Å²) in [6.45, 7) is 0. The van der Waals surface area contributed by atoms with Crippen LogP contribution in [0.3, 0.4) is 0 Å². The first-order valence-electron chi connectivity index (χ1n) is 6.41. The lowest BCUT2D eigenvalue weighted by molar-refractivity contribution is 0.847. The molecule has 0 amide bonds. The summed E-state index contributed by atoms with van der Waals surface area (Å²) in [6.07, 6.45) is 10.7. The molecule has 102 valence electrons. The van der Waals surface area contributed by atoms with Crippen molar-refractivity contribution in [1.82, 2.24) is 29.1 Å². The van der Waals surface area contributed by atoms with Crippen molar-refractivity contribution in [3.8, 4) is 5.82 Å². The number of pyridine rings is 1. The van der Waals surface area contributed by atoms with Crippen LogP contribution in [0.5, 0.6) is 0 Å². The zero-order valence-corrected chi connectivity index (χ0v) is 11.0. The molecule has 0 aliphatic heterocycles. The van der Waals surface area contributed by atoms with Crippen LogP contribution in [0, 0.1) is 0 Å². The van der Waals surface area contributed by atoms with Crippen LogP contribution in [-0.2, 0) is 0 Å². The van der Waals surface area contributed by atoms with E-state index in [-0.39, 0.29) is 0 Å². The number of hydrogen-bond donors (Lipinski definition) is 1. The summed E-state index contributed by atoms with van der Waals surface area (Å²) < 4.78 is 3.59. The lowest BCUT2D eigenvalue weighted by Gasteiger charge is -2.05. The molecule has 1 N–H and O–H groups in total. The van der Waals surface area contributed by atoms with Gasteiger partial charge in [0.2, 0.25) is 5.78 Å². The summed E-state index contributed by atoms with van der Waals surface area (Å²) in [6, 6.07) is 7.58. The minimum Gasteiger partial charge on any atom is -0.339 e. The molecule has 4 heterocycles. The van der Waals surface area contributed by atoms with Crippen LogP contribution in [-0.4, -0.2) is 29.1 Å². The Morgan fingerprint density at radius 1 is 0.952 bits per heavy atom. The highest BCUT2D eigenvalue weighted by molar-refractivity contribution is 5.57. The van der Waals surface area contributed by atoms with Crippen molar-refractivity contribution >= 4 is 17.3 Å². The Morgan fingerprint density at radius 2 is 1.90 bits per heavy atom. The number of rotatable bonds is 3. The number of fused-ring (bicyclic) bond motifs is 1. The number of nitrogens with zero attached hydrogens (tertiary/aromatic N) is 6. The highest BCUT2D eigenvalue weighted by Crippen LogP contribution is 2.17. The fraction of sp³-hybridized carbons (Fsp3) is 0. The van der Waals surface area contributed by atoms with E-state index in [9.17, 15) is 0 Å². The summed E-state index contributed by atoms with van der Waals surface area (Å²) in [5, 5.41) is 7.60. The summed E-state index contributed by atoms with van der Waals surface area (Å²) in [5.74, 6) is 2.29. The van der Waals surface area contributed by atoms with Crippen LogP contribution in [0.25, 0.3) is 11.6 Å². The molecule has 0 radical (unpaired) electrons. The number of aromatic nitrogens is 6. The quantitative estimate of drug-likeness (QED) is 0.620. The molecule has 0 bridgehead atoms. The fourth-order valence-electron chi connectivity index (χ4n) is 2.09. The van der Waals surface area contributed by atoms with Crippen molar-refractivity contribution in [3.05, 3.63) is 61.4 Å². The van der Waals surface area contributed by atoms with Gasteiger partial charge < -0.3 is 5.32 Å². The van der Waals surface area contributed by atoms with Gasteiger partial charge in [0, 0.05) is 24.8 Å². The van der Waals surface area contributed by atoms with E-state index in [0.29, 0.717) is 5.78 Å². The molecule has 0 fully saturated rings. The third-order valence-electron chi connectivity index (χ3n) is 3.04. The monoisotopic (exact) mass is 277 g/mol. The highest BCUT2D eigenvalue weighted by atomic mass is 15.3. The average molecular weight is 277 g/mol.